The van der Waals surface area contributed by atoms with Gasteiger partial charge in [0.25, 0.3) is 0 Å². The first-order valence-electron chi connectivity index (χ1n) is 7.18. The molecule has 1 unspecified atom stereocenters. The van der Waals surface area contributed by atoms with Crippen LogP contribution in [0.2, 0.25) is 0 Å². The Morgan fingerprint density at radius 3 is 2.90 bits per heavy atom. The molecule has 0 bridgehead atoms. The predicted octanol–water partition coefficient (Wildman–Crippen LogP) is 2.51. The molecule has 1 N–H and O–H groups in total. The van der Waals surface area contributed by atoms with Crippen LogP contribution in [0.3, 0.4) is 0 Å². The average Bonchev–Trinajstić information content (AvgIpc) is 2.94. The van der Waals surface area contributed by atoms with Gasteiger partial charge in [-0.1, -0.05) is 31.2 Å². The van der Waals surface area contributed by atoms with Crippen LogP contribution in [-0.2, 0) is 13.0 Å². The zero-order valence-electron chi connectivity index (χ0n) is 12.0. The lowest BCUT2D eigenvalue weighted by Crippen LogP contribution is -2.11. The van der Waals surface area contributed by atoms with Gasteiger partial charge in [-0.15, -0.1) is 0 Å². The SMILES string of the molecule is CCCn1ncnc1CC(O)c1nccc2ccccc12. The van der Waals surface area contributed by atoms with Crippen molar-refractivity contribution in [1.82, 2.24) is 19.7 Å². The largest absolute Gasteiger partial charge is 0.386 e. The number of nitrogens with zero attached hydrogens (tertiary/aromatic N) is 4. The molecule has 0 spiro atoms. The normalized spacial score (nSPS) is 12.7. The molecule has 0 amide bonds. The fourth-order valence-electron chi connectivity index (χ4n) is 2.52. The minimum absolute atomic E-state index is 0.418. The summed E-state index contributed by atoms with van der Waals surface area (Å²) >= 11 is 0. The molecular formula is C16H18N4O. The van der Waals surface area contributed by atoms with Crippen molar-refractivity contribution in [2.75, 3.05) is 0 Å². The fourth-order valence-corrected chi connectivity index (χ4v) is 2.52. The highest BCUT2D eigenvalue weighted by atomic mass is 16.3. The van der Waals surface area contributed by atoms with Gasteiger partial charge >= 0.3 is 0 Å². The van der Waals surface area contributed by atoms with Crippen LogP contribution in [0, 0.1) is 0 Å². The molecule has 3 aromatic rings. The minimum Gasteiger partial charge on any atom is -0.386 e. The number of fused-ring (bicyclic) bond motifs is 1. The Balaban J connectivity index is 1.90. The number of aliphatic hydroxyl groups excluding tert-OH is 1. The van der Waals surface area contributed by atoms with Crippen LogP contribution in [0.1, 0.15) is 31.0 Å². The fraction of sp³-hybridized carbons (Fsp3) is 0.312. The van der Waals surface area contributed by atoms with E-state index in [1.165, 1.54) is 6.33 Å². The van der Waals surface area contributed by atoms with Gasteiger partial charge in [-0.05, 0) is 17.9 Å². The Hall–Kier alpha value is -2.27. The highest BCUT2D eigenvalue weighted by Gasteiger charge is 2.16. The van der Waals surface area contributed by atoms with Gasteiger partial charge in [-0.3, -0.25) is 9.67 Å². The standard InChI is InChI=1S/C16H18N4O/c1-2-9-20-15(18-11-19-20)10-14(21)16-13-6-4-3-5-12(13)7-8-17-16/h3-8,11,14,21H,2,9-10H2,1H3. The lowest BCUT2D eigenvalue weighted by Gasteiger charge is -2.13. The van der Waals surface area contributed by atoms with Gasteiger partial charge in [0.05, 0.1) is 5.69 Å². The number of aromatic nitrogens is 4. The summed E-state index contributed by atoms with van der Waals surface area (Å²) in [5, 5.41) is 16.8. The van der Waals surface area contributed by atoms with Crippen LogP contribution in [0.4, 0.5) is 0 Å². The molecule has 0 radical (unpaired) electrons. The predicted molar refractivity (Wildman–Crippen MR) is 80.7 cm³/mol. The Kier molecular flexibility index (Phi) is 3.92. The van der Waals surface area contributed by atoms with E-state index in [-0.39, 0.29) is 0 Å². The van der Waals surface area contributed by atoms with Crippen molar-refractivity contribution in [3.63, 3.8) is 0 Å². The van der Waals surface area contributed by atoms with E-state index >= 15 is 0 Å². The summed E-state index contributed by atoms with van der Waals surface area (Å²) in [6, 6.07) is 9.89. The lowest BCUT2D eigenvalue weighted by molar-refractivity contribution is 0.171. The van der Waals surface area contributed by atoms with Crippen molar-refractivity contribution in [2.24, 2.45) is 0 Å². The third kappa shape index (κ3) is 2.78. The van der Waals surface area contributed by atoms with Crippen LogP contribution in [0.25, 0.3) is 10.8 Å². The molecule has 0 fully saturated rings. The molecule has 5 heteroatoms. The smallest absolute Gasteiger partial charge is 0.138 e. The third-order valence-electron chi connectivity index (χ3n) is 3.53. The minimum atomic E-state index is -0.684. The molecule has 21 heavy (non-hydrogen) atoms. The van der Waals surface area contributed by atoms with Crippen LogP contribution in [-0.4, -0.2) is 24.9 Å². The zero-order chi connectivity index (χ0) is 14.7. The summed E-state index contributed by atoms with van der Waals surface area (Å²) < 4.78 is 1.84. The molecule has 0 aliphatic carbocycles. The first kappa shape index (κ1) is 13.7. The van der Waals surface area contributed by atoms with Crippen molar-refractivity contribution in [3.05, 3.63) is 54.4 Å². The maximum atomic E-state index is 10.5. The molecule has 1 aromatic carbocycles. The van der Waals surface area contributed by atoms with E-state index in [0.29, 0.717) is 12.1 Å². The Bertz CT molecular complexity index is 732. The van der Waals surface area contributed by atoms with Crippen molar-refractivity contribution in [1.29, 1.82) is 0 Å². The van der Waals surface area contributed by atoms with Crippen LogP contribution < -0.4 is 0 Å². The van der Waals surface area contributed by atoms with Crippen molar-refractivity contribution < 1.29 is 5.11 Å². The Morgan fingerprint density at radius 1 is 1.19 bits per heavy atom. The molecule has 108 valence electrons. The summed E-state index contributed by atoms with van der Waals surface area (Å²) in [6.45, 7) is 2.90. The molecule has 0 saturated heterocycles. The van der Waals surface area contributed by atoms with Gasteiger partial charge in [-0.2, -0.15) is 5.10 Å². The molecule has 0 aliphatic rings. The highest BCUT2D eigenvalue weighted by molar-refractivity contribution is 5.84. The molecule has 0 saturated carbocycles. The monoisotopic (exact) mass is 282 g/mol. The molecule has 2 aromatic heterocycles. The molecule has 3 rings (SSSR count). The summed E-state index contributed by atoms with van der Waals surface area (Å²) in [5.74, 6) is 0.791. The summed E-state index contributed by atoms with van der Waals surface area (Å²) in [4.78, 5) is 8.60. The summed E-state index contributed by atoms with van der Waals surface area (Å²) in [5.41, 5.74) is 0.694. The third-order valence-corrected chi connectivity index (χ3v) is 3.53. The van der Waals surface area contributed by atoms with E-state index in [0.717, 1.165) is 29.6 Å². The van der Waals surface area contributed by atoms with Crippen molar-refractivity contribution in [3.8, 4) is 0 Å². The second kappa shape index (κ2) is 6.01. The van der Waals surface area contributed by atoms with E-state index in [4.69, 9.17) is 0 Å². The van der Waals surface area contributed by atoms with Gasteiger partial charge in [0.1, 0.15) is 18.3 Å². The second-order valence-electron chi connectivity index (χ2n) is 5.04. The van der Waals surface area contributed by atoms with Gasteiger partial charge in [0, 0.05) is 24.5 Å². The van der Waals surface area contributed by atoms with Crippen LogP contribution >= 0.6 is 0 Å². The number of rotatable bonds is 5. The first-order valence-corrected chi connectivity index (χ1v) is 7.18. The van der Waals surface area contributed by atoms with Crippen molar-refractivity contribution >= 4 is 10.8 Å². The zero-order valence-corrected chi connectivity index (χ0v) is 12.0. The number of aryl methyl sites for hydroxylation is 1. The highest BCUT2D eigenvalue weighted by Crippen LogP contribution is 2.24. The second-order valence-corrected chi connectivity index (χ2v) is 5.04. The number of benzene rings is 1. The lowest BCUT2D eigenvalue weighted by atomic mass is 10.0. The van der Waals surface area contributed by atoms with E-state index in [9.17, 15) is 5.11 Å². The molecule has 2 heterocycles. The van der Waals surface area contributed by atoms with Gasteiger partial charge in [-0.25, -0.2) is 4.98 Å². The summed E-state index contributed by atoms with van der Waals surface area (Å²) in [7, 11) is 0. The van der Waals surface area contributed by atoms with E-state index < -0.39 is 6.10 Å². The van der Waals surface area contributed by atoms with Crippen molar-refractivity contribution in [2.45, 2.75) is 32.4 Å². The molecular weight excluding hydrogens is 264 g/mol. The Morgan fingerprint density at radius 2 is 2.05 bits per heavy atom. The maximum Gasteiger partial charge on any atom is 0.138 e. The molecule has 5 nitrogen and oxygen atoms in total. The quantitative estimate of drug-likeness (QED) is 0.781. The number of hydrogen-bond acceptors (Lipinski definition) is 4. The van der Waals surface area contributed by atoms with Crippen LogP contribution in [0.5, 0.6) is 0 Å². The van der Waals surface area contributed by atoms with Gasteiger partial charge < -0.3 is 5.11 Å². The topological polar surface area (TPSA) is 63.8 Å². The van der Waals surface area contributed by atoms with E-state index in [2.05, 4.69) is 22.0 Å². The first-order chi connectivity index (χ1) is 10.3. The number of pyridine rings is 1. The number of hydrogen-bond donors (Lipinski definition) is 1. The van der Waals surface area contributed by atoms with E-state index in [1.807, 2.05) is 35.0 Å². The average molecular weight is 282 g/mol. The van der Waals surface area contributed by atoms with Crippen LogP contribution in [0.15, 0.2) is 42.9 Å². The molecule has 1 atom stereocenters. The number of aliphatic hydroxyl groups is 1. The Labute approximate surface area is 123 Å². The summed E-state index contributed by atoms with van der Waals surface area (Å²) in [6.07, 6.45) is 3.99. The van der Waals surface area contributed by atoms with E-state index in [1.54, 1.807) is 6.20 Å². The van der Waals surface area contributed by atoms with Gasteiger partial charge in [0.15, 0.2) is 0 Å². The molecule has 0 aliphatic heterocycles. The maximum absolute atomic E-state index is 10.5. The van der Waals surface area contributed by atoms with Gasteiger partial charge in [0.2, 0.25) is 0 Å².